The van der Waals surface area contributed by atoms with E-state index in [1.54, 1.807) is 13.3 Å². The molecule has 4 nitrogen and oxygen atoms in total. The van der Waals surface area contributed by atoms with Gasteiger partial charge in [-0.05, 0) is 36.9 Å². The van der Waals surface area contributed by atoms with Crippen molar-refractivity contribution in [1.82, 2.24) is 10.3 Å². The number of aromatic nitrogens is 1. The van der Waals surface area contributed by atoms with E-state index in [0.29, 0.717) is 0 Å². The first-order valence-corrected chi connectivity index (χ1v) is 6.56. The molecule has 1 heterocycles. The van der Waals surface area contributed by atoms with Gasteiger partial charge in [-0.25, -0.2) is 0 Å². The Morgan fingerprint density at radius 1 is 1.32 bits per heavy atom. The van der Waals surface area contributed by atoms with E-state index in [1.807, 2.05) is 24.3 Å². The van der Waals surface area contributed by atoms with Crippen molar-refractivity contribution in [3.8, 4) is 0 Å². The Kier molecular flexibility index (Phi) is 4.71. The molecule has 0 aliphatic carbocycles. The first-order valence-electron chi connectivity index (χ1n) is 6.56. The van der Waals surface area contributed by atoms with Crippen LogP contribution in [0.4, 0.5) is 0 Å². The SMILES string of the molecule is COCCCNC(C)c1c[nH]c(=O)c2ccccc12. The molecular formula is C15H20N2O2. The number of ether oxygens (including phenoxy) is 1. The maximum atomic E-state index is 11.8. The van der Waals surface area contributed by atoms with Crippen LogP contribution in [0.15, 0.2) is 35.3 Å². The van der Waals surface area contributed by atoms with Gasteiger partial charge in [0.15, 0.2) is 0 Å². The highest BCUT2D eigenvalue weighted by Crippen LogP contribution is 2.20. The van der Waals surface area contributed by atoms with E-state index in [9.17, 15) is 4.79 Å². The van der Waals surface area contributed by atoms with Gasteiger partial charge in [-0.3, -0.25) is 4.79 Å². The third-order valence-electron chi connectivity index (χ3n) is 3.28. The summed E-state index contributed by atoms with van der Waals surface area (Å²) >= 11 is 0. The lowest BCUT2D eigenvalue weighted by Crippen LogP contribution is -2.22. The topological polar surface area (TPSA) is 54.1 Å². The number of H-pyrrole nitrogens is 1. The molecule has 1 unspecified atom stereocenters. The molecule has 0 spiro atoms. The van der Waals surface area contributed by atoms with Crippen LogP contribution in [-0.2, 0) is 4.74 Å². The highest BCUT2D eigenvalue weighted by atomic mass is 16.5. The number of hydrogen-bond acceptors (Lipinski definition) is 3. The largest absolute Gasteiger partial charge is 0.385 e. The van der Waals surface area contributed by atoms with Crippen LogP contribution in [0.2, 0.25) is 0 Å². The fourth-order valence-corrected chi connectivity index (χ4v) is 2.23. The molecule has 0 saturated heterocycles. The summed E-state index contributed by atoms with van der Waals surface area (Å²) in [7, 11) is 1.71. The van der Waals surface area contributed by atoms with E-state index < -0.39 is 0 Å². The summed E-state index contributed by atoms with van der Waals surface area (Å²) in [4.78, 5) is 14.6. The number of fused-ring (bicyclic) bond motifs is 1. The van der Waals surface area contributed by atoms with E-state index in [2.05, 4.69) is 17.2 Å². The van der Waals surface area contributed by atoms with Crippen molar-refractivity contribution in [1.29, 1.82) is 0 Å². The lowest BCUT2D eigenvalue weighted by atomic mass is 10.0. The summed E-state index contributed by atoms with van der Waals surface area (Å²) < 4.78 is 5.03. The standard InChI is InChI=1S/C15H20N2O2/c1-11(16-8-5-9-19-2)14-10-17-15(18)13-7-4-3-6-12(13)14/h3-4,6-7,10-11,16H,5,8-9H2,1-2H3,(H,17,18). The zero-order valence-corrected chi connectivity index (χ0v) is 11.4. The van der Waals surface area contributed by atoms with E-state index in [1.165, 1.54) is 0 Å². The molecule has 1 atom stereocenters. The Bertz CT molecular complexity index is 592. The van der Waals surface area contributed by atoms with Gasteiger partial charge in [0.25, 0.3) is 5.56 Å². The highest BCUT2D eigenvalue weighted by Gasteiger charge is 2.10. The Morgan fingerprint density at radius 3 is 2.79 bits per heavy atom. The summed E-state index contributed by atoms with van der Waals surface area (Å²) in [5.74, 6) is 0. The molecule has 0 aliphatic rings. The number of benzene rings is 1. The molecule has 0 fully saturated rings. The van der Waals surface area contributed by atoms with Crippen molar-refractivity contribution in [3.63, 3.8) is 0 Å². The Labute approximate surface area is 112 Å². The molecule has 2 aromatic rings. The summed E-state index contributed by atoms with van der Waals surface area (Å²) in [5.41, 5.74) is 1.08. The minimum atomic E-state index is -0.0362. The summed E-state index contributed by atoms with van der Waals surface area (Å²) in [6.07, 6.45) is 2.78. The van der Waals surface area contributed by atoms with Crippen LogP contribution in [-0.4, -0.2) is 25.2 Å². The van der Waals surface area contributed by atoms with E-state index in [4.69, 9.17) is 4.74 Å². The third kappa shape index (κ3) is 3.22. The second kappa shape index (κ2) is 6.50. The first kappa shape index (κ1) is 13.8. The van der Waals surface area contributed by atoms with Crippen LogP contribution in [0.3, 0.4) is 0 Å². The number of nitrogens with one attached hydrogen (secondary N) is 2. The monoisotopic (exact) mass is 260 g/mol. The fourth-order valence-electron chi connectivity index (χ4n) is 2.23. The Hall–Kier alpha value is -1.65. The Balaban J connectivity index is 2.20. The number of rotatable bonds is 6. The van der Waals surface area contributed by atoms with Gasteiger partial charge in [0, 0.05) is 31.3 Å². The van der Waals surface area contributed by atoms with Gasteiger partial charge in [-0.2, -0.15) is 0 Å². The van der Waals surface area contributed by atoms with Gasteiger partial charge in [0.1, 0.15) is 0 Å². The Morgan fingerprint density at radius 2 is 2.05 bits per heavy atom. The van der Waals surface area contributed by atoms with Gasteiger partial charge >= 0.3 is 0 Å². The van der Waals surface area contributed by atoms with Crippen molar-refractivity contribution in [2.45, 2.75) is 19.4 Å². The molecule has 0 amide bonds. The normalized spacial score (nSPS) is 12.7. The smallest absolute Gasteiger partial charge is 0.255 e. The van der Waals surface area contributed by atoms with Gasteiger partial charge in [-0.1, -0.05) is 18.2 Å². The highest BCUT2D eigenvalue weighted by molar-refractivity contribution is 5.84. The van der Waals surface area contributed by atoms with Crippen LogP contribution >= 0.6 is 0 Å². The number of pyridine rings is 1. The maximum absolute atomic E-state index is 11.8. The van der Waals surface area contributed by atoms with Crippen LogP contribution in [0.1, 0.15) is 24.9 Å². The van der Waals surface area contributed by atoms with Crippen molar-refractivity contribution in [3.05, 3.63) is 46.4 Å². The predicted molar refractivity (Wildman–Crippen MR) is 77.5 cm³/mol. The molecule has 1 aromatic heterocycles. The molecule has 19 heavy (non-hydrogen) atoms. The van der Waals surface area contributed by atoms with Crippen LogP contribution in [0.5, 0.6) is 0 Å². The molecule has 0 bridgehead atoms. The summed E-state index contributed by atoms with van der Waals surface area (Å²) in [6, 6.07) is 7.89. The molecule has 2 N–H and O–H groups in total. The zero-order valence-electron chi connectivity index (χ0n) is 11.4. The predicted octanol–water partition coefficient (Wildman–Crippen LogP) is 2.22. The summed E-state index contributed by atoms with van der Waals surface area (Å²) in [5, 5.41) is 5.20. The van der Waals surface area contributed by atoms with Crippen molar-refractivity contribution in [2.24, 2.45) is 0 Å². The quantitative estimate of drug-likeness (QED) is 0.783. The molecule has 102 valence electrons. The van der Waals surface area contributed by atoms with Gasteiger partial charge in [-0.15, -0.1) is 0 Å². The molecule has 2 rings (SSSR count). The van der Waals surface area contributed by atoms with Crippen LogP contribution < -0.4 is 10.9 Å². The van der Waals surface area contributed by atoms with Gasteiger partial charge in [0.05, 0.1) is 0 Å². The van der Waals surface area contributed by atoms with Gasteiger partial charge < -0.3 is 15.0 Å². The molecule has 1 aromatic carbocycles. The summed E-state index contributed by atoms with van der Waals surface area (Å²) in [6.45, 7) is 3.75. The molecule has 4 heteroatoms. The van der Waals surface area contributed by atoms with E-state index >= 15 is 0 Å². The number of methoxy groups -OCH3 is 1. The van der Waals surface area contributed by atoms with Gasteiger partial charge in [0.2, 0.25) is 0 Å². The number of aromatic amines is 1. The molecule has 0 saturated carbocycles. The van der Waals surface area contributed by atoms with Crippen molar-refractivity contribution >= 4 is 10.8 Å². The van der Waals surface area contributed by atoms with Crippen molar-refractivity contribution in [2.75, 3.05) is 20.3 Å². The zero-order chi connectivity index (χ0) is 13.7. The van der Waals surface area contributed by atoms with E-state index in [-0.39, 0.29) is 11.6 Å². The second-order valence-electron chi connectivity index (χ2n) is 4.64. The third-order valence-corrected chi connectivity index (χ3v) is 3.28. The second-order valence-corrected chi connectivity index (χ2v) is 4.64. The minimum absolute atomic E-state index is 0.0362. The maximum Gasteiger partial charge on any atom is 0.255 e. The van der Waals surface area contributed by atoms with E-state index in [0.717, 1.165) is 35.9 Å². The van der Waals surface area contributed by atoms with Crippen LogP contribution in [0.25, 0.3) is 10.8 Å². The van der Waals surface area contributed by atoms with Crippen molar-refractivity contribution < 1.29 is 4.74 Å². The minimum Gasteiger partial charge on any atom is -0.385 e. The average Bonchev–Trinajstić information content (AvgIpc) is 2.44. The van der Waals surface area contributed by atoms with Crippen LogP contribution in [0, 0.1) is 0 Å². The lowest BCUT2D eigenvalue weighted by Gasteiger charge is -2.16. The lowest BCUT2D eigenvalue weighted by molar-refractivity contribution is 0.193. The average molecular weight is 260 g/mol. The molecule has 0 radical (unpaired) electrons. The molecule has 0 aliphatic heterocycles. The first-order chi connectivity index (χ1) is 9.24. The fraction of sp³-hybridized carbons (Fsp3) is 0.400. The number of hydrogen-bond donors (Lipinski definition) is 2. The molecular weight excluding hydrogens is 240 g/mol.